The van der Waals surface area contributed by atoms with Crippen LogP contribution >= 0.6 is 15.9 Å². The Morgan fingerprint density at radius 2 is 1.91 bits per heavy atom. The van der Waals surface area contributed by atoms with Gasteiger partial charge in [0.1, 0.15) is 0 Å². The lowest BCUT2D eigenvalue weighted by molar-refractivity contribution is -0.145. The van der Waals surface area contributed by atoms with E-state index in [1.54, 1.807) is 19.1 Å². The van der Waals surface area contributed by atoms with E-state index in [1.165, 1.54) is 13.1 Å². The number of hydrogen-bond donors (Lipinski definition) is 1. The summed E-state index contributed by atoms with van der Waals surface area (Å²) in [7, 11) is 0. The highest BCUT2D eigenvalue weighted by Gasteiger charge is 2.12. The maximum atomic E-state index is 11.4. The zero-order chi connectivity index (χ0) is 17.2. The molecule has 0 radical (unpaired) electrons. The van der Waals surface area contributed by atoms with Gasteiger partial charge < -0.3 is 14.2 Å². The van der Waals surface area contributed by atoms with Crippen LogP contribution in [0.4, 0.5) is 0 Å². The summed E-state index contributed by atoms with van der Waals surface area (Å²) in [6, 6.07) is 3.36. The summed E-state index contributed by atoms with van der Waals surface area (Å²) in [5, 5.41) is 3.81. The number of hydrazone groups is 1. The normalized spacial score (nSPS) is 10.4. The summed E-state index contributed by atoms with van der Waals surface area (Å²) >= 11 is 3.38. The highest BCUT2D eigenvalue weighted by atomic mass is 79.9. The van der Waals surface area contributed by atoms with Crippen LogP contribution in [-0.2, 0) is 14.3 Å². The predicted molar refractivity (Wildman–Crippen MR) is 88.8 cm³/mol. The molecule has 0 aliphatic heterocycles. The summed E-state index contributed by atoms with van der Waals surface area (Å²) in [5.74, 6) is 0.145. The monoisotopic (exact) mass is 386 g/mol. The molecule has 8 heteroatoms. The Kier molecular flexibility index (Phi) is 8.10. The maximum absolute atomic E-state index is 11.4. The summed E-state index contributed by atoms with van der Waals surface area (Å²) in [4.78, 5) is 22.2. The predicted octanol–water partition coefficient (Wildman–Crippen LogP) is 2.26. The number of carbonyl (C=O) groups excluding carboxylic acids is 2. The number of nitrogens with one attached hydrogen (secondary N) is 1. The standard InChI is InChI=1S/C15H19BrN2O5/c1-4-21-13-6-11(8-17-18-10(3)19)12(16)7-14(13)23-9-15(20)22-5-2/h6-8H,4-5,9H2,1-3H3,(H,18,19)/b17-8-. The molecule has 0 aliphatic carbocycles. The second-order valence-corrected chi connectivity index (χ2v) is 5.13. The molecule has 0 unspecified atom stereocenters. The van der Waals surface area contributed by atoms with Crippen LogP contribution in [0.2, 0.25) is 0 Å². The van der Waals surface area contributed by atoms with E-state index in [0.717, 1.165) is 0 Å². The molecule has 1 rings (SSSR count). The van der Waals surface area contributed by atoms with Gasteiger partial charge in [0.15, 0.2) is 18.1 Å². The summed E-state index contributed by atoms with van der Waals surface area (Å²) < 4.78 is 16.4. The number of halogens is 1. The molecule has 0 saturated carbocycles. The lowest BCUT2D eigenvalue weighted by atomic mass is 10.2. The van der Waals surface area contributed by atoms with Crippen LogP contribution in [0.5, 0.6) is 11.5 Å². The Hall–Kier alpha value is -2.09. The smallest absolute Gasteiger partial charge is 0.344 e. The van der Waals surface area contributed by atoms with Crippen molar-refractivity contribution in [3.05, 3.63) is 22.2 Å². The number of rotatable bonds is 8. The van der Waals surface area contributed by atoms with Crippen molar-refractivity contribution in [2.24, 2.45) is 5.10 Å². The van der Waals surface area contributed by atoms with Gasteiger partial charge in [-0.1, -0.05) is 0 Å². The second kappa shape index (κ2) is 9.83. The molecule has 7 nitrogen and oxygen atoms in total. The third-order valence-electron chi connectivity index (χ3n) is 2.44. The largest absolute Gasteiger partial charge is 0.490 e. The first-order valence-electron chi connectivity index (χ1n) is 7.02. The first-order chi connectivity index (χ1) is 11.0. The van der Waals surface area contributed by atoms with E-state index in [9.17, 15) is 9.59 Å². The Morgan fingerprint density at radius 1 is 1.22 bits per heavy atom. The number of amides is 1. The average Bonchev–Trinajstić information content (AvgIpc) is 2.48. The first-order valence-corrected chi connectivity index (χ1v) is 7.81. The number of hydrogen-bond acceptors (Lipinski definition) is 6. The number of esters is 1. The molecule has 0 atom stereocenters. The molecule has 0 aliphatic rings. The van der Waals surface area contributed by atoms with Gasteiger partial charge in [0.05, 0.1) is 19.4 Å². The molecule has 23 heavy (non-hydrogen) atoms. The molecule has 0 aromatic heterocycles. The van der Waals surface area contributed by atoms with Crippen LogP contribution in [0.15, 0.2) is 21.7 Å². The molecular weight excluding hydrogens is 368 g/mol. The van der Waals surface area contributed by atoms with Crippen LogP contribution in [0.3, 0.4) is 0 Å². The zero-order valence-electron chi connectivity index (χ0n) is 13.2. The Labute approximate surface area is 143 Å². The van der Waals surface area contributed by atoms with Crippen LogP contribution in [-0.4, -0.2) is 37.9 Å². The van der Waals surface area contributed by atoms with Crippen molar-refractivity contribution >= 4 is 34.0 Å². The molecule has 1 aromatic carbocycles. The number of benzene rings is 1. The number of nitrogens with zero attached hydrogens (tertiary/aromatic N) is 1. The van der Waals surface area contributed by atoms with Crippen LogP contribution in [0.25, 0.3) is 0 Å². The van der Waals surface area contributed by atoms with Gasteiger partial charge in [-0.3, -0.25) is 4.79 Å². The van der Waals surface area contributed by atoms with Crippen molar-refractivity contribution in [2.75, 3.05) is 19.8 Å². The molecular formula is C15H19BrN2O5. The fourth-order valence-corrected chi connectivity index (χ4v) is 1.99. The lowest BCUT2D eigenvalue weighted by Gasteiger charge is -2.13. The molecule has 0 heterocycles. The van der Waals surface area contributed by atoms with Crippen molar-refractivity contribution < 1.29 is 23.8 Å². The summed E-state index contributed by atoms with van der Waals surface area (Å²) in [6.45, 7) is 5.44. The van der Waals surface area contributed by atoms with Crippen LogP contribution in [0, 0.1) is 0 Å². The first kappa shape index (κ1) is 19.0. The van der Waals surface area contributed by atoms with E-state index in [-0.39, 0.29) is 12.5 Å². The van der Waals surface area contributed by atoms with E-state index >= 15 is 0 Å². The van der Waals surface area contributed by atoms with Gasteiger partial charge in [0.25, 0.3) is 0 Å². The van der Waals surface area contributed by atoms with Crippen LogP contribution < -0.4 is 14.9 Å². The maximum Gasteiger partial charge on any atom is 0.344 e. The topological polar surface area (TPSA) is 86.2 Å². The van der Waals surface area contributed by atoms with Crippen molar-refractivity contribution in [2.45, 2.75) is 20.8 Å². The fourth-order valence-electron chi connectivity index (χ4n) is 1.56. The van der Waals surface area contributed by atoms with E-state index in [1.807, 2.05) is 6.92 Å². The van der Waals surface area contributed by atoms with Crippen molar-refractivity contribution in [3.8, 4) is 11.5 Å². The van der Waals surface area contributed by atoms with Crippen LogP contribution in [0.1, 0.15) is 26.3 Å². The fraction of sp³-hybridized carbons (Fsp3) is 0.400. The van der Waals surface area contributed by atoms with Crippen molar-refractivity contribution in [3.63, 3.8) is 0 Å². The van der Waals surface area contributed by atoms with Crippen molar-refractivity contribution in [1.82, 2.24) is 5.43 Å². The lowest BCUT2D eigenvalue weighted by Crippen LogP contribution is -2.15. The third-order valence-corrected chi connectivity index (χ3v) is 3.13. The summed E-state index contributed by atoms with van der Waals surface area (Å²) in [6.07, 6.45) is 1.48. The molecule has 1 N–H and O–H groups in total. The highest BCUT2D eigenvalue weighted by molar-refractivity contribution is 9.10. The molecule has 0 fully saturated rings. The third kappa shape index (κ3) is 6.68. The minimum absolute atomic E-state index is 0.209. The Morgan fingerprint density at radius 3 is 2.52 bits per heavy atom. The Bertz CT molecular complexity index is 589. The molecule has 1 aromatic rings. The molecule has 0 saturated heterocycles. The van der Waals surface area contributed by atoms with E-state index in [2.05, 4.69) is 26.5 Å². The van der Waals surface area contributed by atoms with E-state index < -0.39 is 5.97 Å². The number of ether oxygens (including phenoxy) is 3. The minimum Gasteiger partial charge on any atom is -0.490 e. The molecule has 126 valence electrons. The molecule has 0 bridgehead atoms. The van der Waals surface area contributed by atoms with E-state index in [0.29, 0.717) is 34.7 Å². The number of carbonyl (C=O) groups is 2. The van der Waals surface area contributed by atoms with Gasteiger partial charge in [-0.25, -0.2) is 10.2 Å². The minimum atomic E-state index is -0.456. The highest BCUT2D eigenvalue weighted by Crippen LogP contribution is 2.33. The van der Waals surface area contributed by atoms with Gasteiger partial charge in [-0.2, -0.15) is 5.10 Å². The average molecular weight is 387 g/mol. The quantitative estimate of drug-likeness (QED) is 0.420. The Balaban J connectivity index is 2.93. The zero-order valence-corrected chi connectivity index (χ0v) is 14.8. The van der Waals surface area contributed by atoms with Gasteiger partial charge in [-0.15, -0.1) is 0 Å². The van der Waals surface area contributed by atoms with Gasteiger partial charge in [0, 0.05) is 17.0 Å². The van der Waals surface area contributed by atoms with E-state index in [4.69, 9.17) is 14.2 Å². The van der Waals surface area contributed by atoms with Crippen molar-refractivity contribution in [1.29, 1.82) is 0 Å². The second-order valence-electron chi connectivity index (χ2n) is 4.27. The SMILES string of the molecule is CCOC(=O)COc1cc(Br)c(/C=N\NC(C)=O)cc1OCC. The summed E-state index contributed by atoms with van der Waals surface area (Å²) in [5.41, 5.74) is 3.00. The molecule has 1 amide bonds. The van der Waals surface area contributed by atoms with Gasteiger partial charge >= 0.3 is 5.97 Å². The van der Waals surface area contributed by atoms with Gasteiger partial charge in [-0.05, 0) is 41.9 Å². The van der Waals surface area contributed by atoms with Gasteiger partial charge in [0.2, 0.25) is 5.91 Å². The molecule has 0 spiro atoms.